The summed E-state index contributed by atoms with van der Waals surface area (Å²) in [5.74, 6) is 3.01. The highest BCUT2D eigenvalue weighted by Crippen LogP contribution is 2.57. The van der Waals surface area contributed by atoms with Gasteiger partial charge in [0.25, 0.3) is 5.79 Å². The van der Waals surface area contributed by atoms with E-state index in [0.29, 0.717) is 5.92 Å². The number of fused-ring (bicyclic) bond motifs is 3. The van der Waals surface area contributed by atoms with E-state index in [1.165, 1.54) is 25.1 Å². The predicted molar refractivity (Wildman–Crippen MR) is 107 cm³/mol. The van der Waals surface area contributed by atoms with Crippen LogP contribution in [0.15, 0.2) is 36.5 Å². The molecule has 0 N–H and O–H groups in total. The van der Waals surface area contributed by atoms with Gasteiger partial charge in [-0.2, -0.15) is 0 Å². The molecule has 27 heavy (non-hydrogen) atoms. The maximum atomic E-state index is 6.40. The van der Waals surface area contributed by atoms with Crippen molar-refractivity contribution < 1.29 is 9.47 Å². The van der Waals surface area contributed by atoms with Gasteiger partial charge in [0.15, 0.2) is 11.5 Å². The fraction of sp³-hybridized carbons (Fsp3) is 0.522. The van der Waals surface area contributed by atoms with Crippen LogP contribution in [-0.2, 0) is 5.79 Å². The molecule has 1 aromatic heterocycles. The zero-order valence-electron chi connectivity index (χ0n) is 17.0. The van der Waals surface area contributed by atoms with E-state index in [4.69, 9.17) is 9.47 Å². The third-order valence-corrected chi connectivity index (χ3v) is 6.06. The molecule has 3 atom stereocenters. The van der Waals surface area contributed by atoms with Gasteiger partial charge in [-0.1, -0.05) is 32.0 Å². The molecule has 3 heterocycles. The molecule has 144 valence electrons. The first kappa shape index (κ1) is 18.3. The molecule has 2 aromatic rings. The summed E-state index contributed by atoms with van der Waals surface area (Å²) in [7, 11) is 2.23. The molecule has 0 spiro atoms. The van der Waals surface area contributed by atoms with Gasteiger partial charge in [0.05, 0.1) is 0 Å². The van der Waals surface area contributed by atoms with Crippen molar-refractivity contribution in [2.24, 2.45) is 11.8 Å². The van der Waals surface area contributed by atoms with Crippen molar-refractivity contribution in [3.63, 3.8) is 0 Å². The summed E-state index contributed by atoms with van der Waals surface area (Å²) in [6, 6.07) is 10.4. The molecule has 2 bridgehead atoms. The molecule has 4 heteroatoms. The first-order chi connectivity index (χ1) is 13.0. The molecule has 3 unspecified atom stereocenters. The molecule has 3 aliphatic rings. The molecule has 0 amide bonds. The standard InChI is InChI=1S/C21H24N2O2.C2H6/c1-13-7-8-18(22-10-13)21(2)24-17-6-4-5-16(20(17)25-21)19-14-9-15(19)12-23(3)11-14;1-2/h4-8,10,14-15,19H,9,11-12H2,1-3H3;1-2H3. The topological polar surface area (TPSA) is 34.6 Å². The Morgan fingerprint density at radius 1 is 1.07 bits per heavy atom. The number of likely N-dealkylation sites (tertiary alicyclic amines) is 1. The van der Waals surface area contributed by atoms with Crippen molar-refractivity contribution in [2.75, 3.05) is 20.1 Å². The highest BCUT2D eigenvalue weighted by atomic mass is 16.7. The Bertz CT molecular complexity index is 808. The van der Waals surface area contributed by atoms with Crippen LogP contribution in [0.4, 0.5) is 0 Å². The molecule has 4 nitrogen and oxygen atoms in total. The van der Waals surface area contributed by atoms with Crippen molar-refractivity contribution in [3.8, 4) is 11.5 Å². The maximum absolute atomic E-state index is 6.40. The van der Waals surface area contributed by atoms with Gasteiger partial charge < -0.3 is 14.4 Å². The lowest BCUT2D eigenvalue weighted by molar-refractivity contribution is -0.0732. The SMILES string of the molecule is CC.Cc1ccc(C2(C)Oc3cccc(C4C5CC4CN(C)C5)c3O2)nc1. The fourth-order valence-corrected chi connectivity index (χ4v) is 4.88. The quantitative estimate of drug-likeness (QED) is 0.770. The Morgan fingerprint density at radius 3 is 2.48 bits per heavy atom. The minimum absolute atomic E-state index is 0.600. The number of pyridine rings is 1. The van der Waals surface area contributed by atoms with Crippen LogP contribution >= 0.6 is 0 Å². The summed E-state index contributed by atoms with van der Waals surface area (Å²) in [6.45, 7) is 10.4. The average molecular weight is 367 g/mol. The first-order valence-electron chi connectivity index (χ1n) is 10.2. The Morgan fingerprint density at radius 2 is 1.81 bits per heavy atom. The van der Waals surface area contributed by atoms with Crippen LogP contribution in [0, 0.1) is 18.8 Å². The average Bonchev–Trinajstić information content (AvgIpc) is 3.02. The third-order valence-electron chi connectivity index (χ3n) is 6.06. The minimum atomic E-state index is -0.845. The van der Waals surface area contributed by atoms with E-state index in [0.717, 1.165) is 34.6 Å². The van der Waals surface area contributed by atoms with Crippen molar-refractivity contribution in [2.45, 2.75) is 45.8 Å². The number of nitrogens with zero attached hydrogens (tertiary/aromatic N) is 2. The molecule has 0 radical (unpaired) electrons. The number of hydrogen-bond acceptors (Lipinski definition) is 4. The maximum Gasteiger partial charge on any atom is 0.292 e. The zero-order valence-corrected chi connectivity index (χ0v) is 17.0. The smallest absolute Gasteiger partial charge is 0.292 e. The minimum Gasteiger partial charge on any atom is -0.443 e. The van der Waals surface area contributed by atoms with Crippen LogP contribution in [0.1, 0.15) is 49.9 Å². The lowest BCUT2D eigenvalue weighted by Crippen LogP contribution is -2.52. The van der Waals surface area contributed by atoms with Crippen LogP contribution in [0.2, 0.25) is 0 Å². The van der Waals surface area contributed by atoms with Gasteiger partial charge in [-0.25, -0.2) is 0 Å². The summed E-state index contributed by atoms with van der Waals surface area (Å²) in [4.78, 5) is 6.99. The number of aromatic nitrogens is 1. The Balaban J connectivity index is 0.000000872. The van der Waals surface area contributed by atoms with Gasteiger partial charge in [0.2, 0.25) is 0 Å². The first-order valence-corrected chi connectivity index (χ1v) is 10.2. The predicted octanol–water partition coefficient (Wildman–Crippen LogP) is 4.73. The summed E-state index contributed by atoms with van der Waals surface area (Å²) in [5.41, 5.74) is 3.27. The van der Waals surface area contributed by atoms with E-state index >= 15 is 0 Å². The molecule has 2 aliphatic heterocycles. The van der Waals surface area contributed by atoms with Gasteiger partial charge >= 0.3 is 0 Å². The largest absolute Gasteiger partial charge is 0.443 e. The van der Waals surface area contributed by atoms with E-state index in [-0.39, 0.29) is 0 Å². The molecule has 1 saturated carbocycles. The molecular weight excluding hydrogens is 336 g/mol. The van der Waals surface area contributed by atoms with Crippen LogP contribution in [-0.4, -0.2) is 30.0 Å². The number of aryl methyl sites for hydroxylation is 1. The van der Waals surface area contributed by atoms with Crippen molar-refractivity contribution in [3.05, 3.63) is 53.3 Å². The Kier molecular flexibility index (Phi) is 4.63. The highest BCUT2D eigenvalue weighted by Gasteiger charge is 2.50. The summed E-state index contributed by atoms with van der Waals surface area (Å²) >= 11 is 0. The van der Waals surface area contributed by atoms with E-state index < -0.39 is 5.79 Å². The number of piperidine rings is 2. The monoisotopic (exact) mass is 366 g/mol. The second-order valence-corrected chi connectivity index (χ2v) is 8.05. The highest BCUT2D eigenvalue weighted by molar-refractivity contribution is 5.52. The second-order valence-electron chi connectivity index (χ2n) is 8.05. The molecule has 1 saturated heterocycles. The zero-order chi connectivity index (χ0) is 19.2. The van der Waals surface area contributed by atoms with Gasteiger partial charge in [-0.15, -0.1) is 0 Å². The van der Waals surface area contributed by atoms with Crippen LogP contribution in [0.25, 0.3) is 0 Å². The van der Waals surface area contributed by atoms with E-state index in [2.05, 4.69) is 35.1 Å². The van der Waals surface area contributed by atoms with Gasteiger partial charge in [0.1, 0.15) is 5.69 Å². The molecule has 5 rings (SSSR count). The lowest BCUT2D eigenvalue weighted by atomic mass is 9.59. The van der Waals surface area contributed by atoms with Crippen molar-refractivity contribution in [1.82, 2.24) is 9.88 Å². The Hall–Kier alpha value is -2.07. The number of hydrogen-bond donors (Lipinski definition) is 0. The number of rotatable bonds is 2. The normalized spacial score (nSPS) is 30.9. The molecule has 1 aromatic carbocycles. The number of benzene rings is 1. The number of para-hydroxylation sites is 1. The van der Waals surface area contributed by atoms with Crippen LogP contribution in [0.5, 0.6) is 11.5 Å². The summed E-state index contributed by atoms with van der Waals surface area (Å²) in [5, 5.41) is 0. The summed E-state index contributed by atoms with van der Waals surface area (Å²) in [6.07, 6.45) is 3.21. The van der Waals surface area contributed by atoms with Crippen molar-refractivity contribution >= 4 is 0 Å². The van der Waals surface area contributed by atoms with Crippen LogP contribution in [0.3, 0.4) is 0 Å². The third kappa shape index (κ3) is 3.00. The molecule has 2 fully saturated rings. The molecular formula is C23H30N2O2. The van der Waals surface area contributed by atoms with Crippen molar-refractivity contribution in [1.29, 1.82) is 0 Å². The fourth-order valence-electron chi connectivity index (χ4n) is 4.88. The number of ether oxygens (including phenoxy) is 2. The van der Waals surface area contributed by atoms with Crippen LogP contribution < -0.4 is 9.47 Å². The second kappa shape index (κ2) is 6.83. The van der Waals surface area contributed by atoms with E-state index in [1.807, 2.05) is 46.0 Å². The van der Waals surface area contributed by atoms with E-state index in [1.54, 1.807) is 0 Å². The van der Waals surface area contributed by atoms with E-state index in [9.17, 15) is 0 Å². The summed E-state index contributed by atoms with van der Waals surface area (Å²) < 4.78 is 12.6. The van der Waals surface area contributed by atoms with Gasteiger partial charge in [-0.05, 0) is 55.8 Å². The molecule has 1 aliphatic carbocycles. The Labute approximate surface area is 162 Å². The van der Waals surface area contributed by atoms with Gasteiger partial charge in [-0.3, -0.25) is 4.98 Å². The van der Waals surface area contributed by atoms with Gasteiger partial charge in [0, 0.05) is 31.8 Å². The lowest BCUT2D eigenvalue weighted by Gasteiger charge is -2.53.